The number of alkyl halides is 1. The molecule has 2 unspecified atom stereocenters. The molecule has 0 aromatic rings. The zero-order chi connectivity index (χ0) is 11.5. The van der Waals surface area contributed by atoms with Gasteiger partial charge in [-0.1, -0.05) is 6.42 Å². The molecule has 0 aromatic carbocycles. The smallest absolute Gasteiger partial charge is 0.201 e. The van der Waals surface area contributed by atoms with E-state index in [1.54, 1.807) is 6.92 Å². The Kier molecular flexibility index (Phi) is 4.83. The molecule has 1 N–H and O–H groups in total. The summed E-state index contributed by atoms with van der Waals surface area (Å²) in [5, 5.41) is -0.181. The summed E-state index contributed by atoms with van der Waals surface area (Å²) < 4.78 is 27.8. The first kappa shape index (κ1) is 13.2. The summed E-state index contributed by atoms with van der Waals surface area (Å²) in [4.78, 5) is 0. The lowest BCUT2D eigenvalue weighted by Crippen LogP contribution is -2.48. The normalized spacial score (nSPS) is 26.5. The molecule has 6 heteroatoms. The van der Waals surface area contributed by atoms with Crippen LogP contribution in [0.3, 0.4) is 0 Å². The summed E-state index contributed by atoms with van der Waals surface area (Å²) in [6.07, 6.45) is 3.00. The summed E-state index contributed by atoms with van der Waals surface area (Å²) in [7, 11) is -3.33. The molecule has 1 heterocycles. The maximum atomic E-state index is 11.9. The van der Waals surface area contributed by atoms with E-state index in [4.69, 9.17) is 11.6 Å². The molecule has 0 aliphatic carbocycles. The van der Waals surface area contributed by atoms with Gasteiger partial charge in [-0.2, -0.15) is 12.7 Å². The van der Waals surface area contributed by atoms with Gasteiger partial charge in [0, 0.05) is 24.5 Å². The Morgan fingerprint density at radius 3 is 2.73 bits per heavy atom. The van der Waals surface area contributed by atoms with Crippen molar-refractivity contribution < 1.29 is 8.42 Å². The van der Waals surface area contributed by atoms with Crippen molar-refractivity contribution >= 4 is 21.8 Å². The predicted molar refractivity (Wildman–Crippen MR) is 62.3 cm³/mol. The Morgan fingerprint density at radius 1 is 1.53 bits per heavy atom. The highest BCUT2D eigenvalue weighted by Crippen LogP contribution is 2.18. The highest BCUT2D eigenvalue weighted by Gasteiger charge is 2.29. The van der Waals surface area contributed by atoms with Crippen LogP contribution < -0.4 is 4.72 Å². The first-order valence-electron chi connectivity index (χ1n) is 5.34. The van der Waals surface area contributed by atoms with Crippen molar-refractivity contribution in [2.24, 2.45) is 0 Å². The van der Waals surface area contributed by atoms with Crippen molar-refractivity contribution in [3.05, 3.63) is 0 Å². The largest absolute Gasteiger partial charge is 0.279 e. The molecule has 0 spiro atoms. The average molecular weight is 255 g/mol. The van der Waals surface area contributed by atoms with Crippen LogP contribution in [0.2, 0.25) is 0 Å². The van der Waals surface area contributed by atoms with Gasteiger partial charge in [0.2, 0.25) is 0 Å². The quantitative estimate of drug-likeness (QED) is 0.770. The standard InChI is InChI=1S/C9H19ClN2O2S/c1-8(10)7-11-15(13,14)12-6-4-3-5-9(12)2/h8-9,11H,3-7H2,1-2H3. The third kappa shape index (κ3) is 3.90. The Bertz CT molecular complexity index is 292. The molecule has 0 saturated carbocycles. The maximum absolute atomic E-state index is 11.9. The minimum atomic E-state index is -3.33. The summed E-state index contributed by atoms with van der Waals surface area (Å²) in [6.45, 7) is 4.62. The number of halogens is 1. The summed E-state index contributed by atoms with van der Waals surface area (Å²) >= 11 is 5.71. The second kappa shape index (κ2) is 5.48. The van der Waals surface area contributed by atoms with E-state index in [9.17, 15) is 8.42 Å². The van der Waals surface area contributed by atoms with Crippen LogP contribution in [0.15, 0.2) is 0 Å². The van der Waals surface area contributed by atoms with Gasteiger partial charge in [0.15, 0.2) is 0 Å². The fraction of sp³-hybridized carbons (Fsp3) is 1.00. The zero-order valence-corrected chi connectivity index (χ0v) is 10.8. The van der Waals surface area contributed by atoms with Crippen molar-refractivity contribution in [2.45, 2.75) is 44.5 Å². The molecule has 1 fully saturated rings. The van der Waals surface area contributed by atoms with Crippen LogP contribution in [0.1, 0.15) is 33.1 Å². The van der Waals surface area contributed by atoms with Crippen molar-refractivity contribution in [2.75, 3.05) is 13.1 Å². The molecule has 1 saturated heterocycles. The van der Waals surface area contributed by atoms with Crippen LogP contribution in [0.5, 0.6) is 0 Å². The molecule has 1 aliphatic heterocycles. The Balaban J connectivity index is 2.59. The lowest BCUT2D eigenvalue weighted by Gasteiger charge is -2.32. The van der Waals surface area contributed by atoms with Crippen LogP contribution in [-0.2, 0) is 10.2 Å². The van der Waals surface area contributed by atoms with Crippen molar-refractivity contribution in [1.82, 2.24) is 9.03 Å². The van der Waals surface area contributed by atoms with E-state index in [2.05, 4.69) is 4.72 Å². The Labute approximate surface area is 97.2 Å². The number of nitrogens with one attached hydrogen (secondary N) is 1. The maximum Gasteiger partial charge on any atom is 0.279 e. The van der Waals surface area contributed by atoms with Crippen LogP contribution in [0, 0.1) is 0 Å². The lowest BCUT2D eigenvalue weighted by atomic mass is 10.1. The van der Waals surface area contributed by atoms with Gasteiger partial charge in [-0.3, -0.25) is 0 Å². The van der Waals surface area contributed by atoms with Gasteiger partial charge in [-0.05, 0) is 26.7 Å². The first-order chi connectivity index (χ1) is 6.93. The monoisotopic (exact) mass is 254 g/mol. The minimum Gasteiger partial charge on any atom is -0.201 e. The van der Waals surface area contributed by atoms with E-state index in [1.807, 2.05) is 6.92 Å². The fourth-order valence-electron chi connectivity index (χ4n) is 1.73. The predicted octanol–water partition coefficient (Wildman–Crippen LogP) is 1.32. The third-order valence-corrected chi connectivity index (χ3v) is 4.44. The molecule has 4 nitrogen and oxygen atoms in total. The second-order valence-corrected chi connectivity index (χ2v) is 6.54. The number of piperidine rings is 1. The summed E-state index contributed by atoms with van der Waals surface area (Å²) in [5.74, 6) is 0. The van der Waals surface area contributed by atoms with Crippen molar-refractivity contribution in [3.63, 3.8) is 0 Å². The molecule has 0 aromatic heterocycles. The Hall–Kier alpha value is 0.160. The number of nitrogens with zero attached hydrogens (tertiary/aromatic N) is 1. The number of hydrogen-bond donors (Lipinski definition) is 1. The second-order valence-electron chi connectivity index (χ2n) is 4.09. The zero-order valence-electron chi connectivity index (χ0n) is 9.24. The molecule has 15 heavy (non-hydrogen) atoms. The minimum absolute atomic E-state index is 0.0990. The number of rotatable bonds is 4. The summed E-state index contributed by atoms with van der Waals surface area (Å²) in [6, 6.07) is 0.0990. The molecule has 1 aliphatic rings. The van der Waals surface area contributed by atoms with Gasteiger partial charge < -0.3 is 0 Å². The van der Waals surface area contributed by atoms with Gasteiger partial charge in [-0.25, -0.2) is 4.72 Å². The van der Waals surface area contributed by atoms with Crippen molar-refractivity contribution in [3.8, 4) is 0 Å². The van der Waals surface area contributed by atoms with Crippen molar-refractivity contribution in [1.29, 1.82) is 0 Å². The molecular formula is C9H19ClN2O2S. The van der Waals surface area contributed by atoms with Gasteiger partial charge in [0.05, 0.1) is 0 Å². The average Bonchev–Trinajstić information content (AvgIpc) is 2.15. The molecule has 0 bridgehead atoms. The van der Waals surface area contributed by atoms with E-state index >= 15 is 0 Å². The molecule has 0 amide bonds. The number of hydrogen-bond acceptors (Lipinski definition) is 2. The molecular weight excluding hydrogens is 236 g/mol. The van der Waals surface area contributed by atoms with Gasteiger partial charge in [0.25, 0.3) is 10.2 Å². The van der Waals surface area contributed by atoms with E-state index in [0.717, 1.165) is 19.3 Å². The third-order valence-electron chi connectivity index (χ3n) is 2.60. The highest BCUT2D eigenvalue weighted by atomic mass is 35.5. The lowest BCUT2D eigenvalue weighted by molar-refractivity contribution is 0.265. The summed E-state index contributed by atoms with van der Waals surface area (Å²) in [5.41, 5.74) is 0. The van der Waals surface area contributed by atoms with Gasteiger partial charge >= 0.3 is 0 Å². The molecule has 2 atom stereocenters. The van der Waals surface area contributed by atoms with E-state index in [-0.39, 0.29) is 18.0 Å². The molecule has 90 valence electrons. The van der Waals surface area contributed by atoms with Gasteiger partial charge in [-0.15, -0.1) is 11.6 Å². The Morgan fingerprint density at radius 2 is 2.20 bits per heavy atom. The van der Waals surface area contributed by atoms with Crippen LogP contribution in [-0.4, -0.2) is 37.2 Å². The topological polar surface area (TPSA) is 49.4 Å². The van der Waals surface area contributed by atoms with E-state index in [1.165, 1.54) is 4.31 Å². The molecule has 1 rings (SSSR count). The van der Waals surface area contributed by atoms with Crippen LogP contribution in [0.25, 0.3) is 0 Å². The first-order valence-corrected chi connectivity index (χ1v) is 7.21. The van der Waals surface area contributed by atoms with E-state index in [0.29, 0.717) is 6.54 Å². The highest BCUT2D eigenvalue weighted by molar-refractivity contribution is 7.87. The molecule has 0 radical (unpaired) electrons. The fourth-order valence-corrected chi connectivity index (χ4v) is 3.48. The van der Waals surface area contributed by atoms with E-state index < -0.39 is 10.2 Å². The van der Waals surface area contributed by atoms with Crippen LogP contribution >= 0.6 is 11.6 Å². The van der Waals surface area contributed by atoms with Crippen LogP contribution in [0.4, 0.5) is 0 Å². The SMILES string of the molecule is CC(Cl)CNS(=O)(=O)N1CCCCC1C. The van der Waals surface area contributed by atoms with Gasteiger partial charge in [0.1, 0.15) is 0 Å².